The van der Waals surface area contributed by atoms with Crippen LogP contribution in [-0.4, -0.2) is 18.6 Å². The van der Waals surface area contributed by atoms with Gasteiger partial charge in [-0.3, -0.25) is 0 Å². The molecule has 1 N–H and O–H groups in total. The van der Waals surface area contributed by atoms with Crippen LogP contribution in [0.1, 0.15) is 17.0 Å². The lowest BCUT2D eigenvalue weighted by atomic mass is 10.1. The Bertz CT molecular complexity index is 1020. The molecule has 0 aliphatic carbocycles. The number of hydrogen-bond donors (Lipinski definition) is 1. The van der Waals surface area contributed by atoms with E-state index in [1.165, 1.54) is 6.07 Å². The van der Waals surface area contributed by atoms with Crippen molar-refractivity contribution in [3.8, 4) is 11.4 Å². The Balaban J connectivity index is 1.65. The number of halogens is 2. The minimum absolute atomic E-state index is 0.105. The van der Waals surface area contributed by atoms with Crippen LogP contribution >= 0.6 is 23.2 Å². The molecule has 0 spiro atoms. The highest BCUT2D eigenvalue weighted by Crippen LogP contribution is 2.22. The van der Waals surface area contributed by atoms with Crippen LogP contribution < -0.4 is 4.72 Å². The second-order valence-corrected chi connectivity index (χ2v) is 8.34. The summed E-state index contributed by atoms with van der Waals surface area (Å²) in [5.41, 5.74) is 2.36. The van der Waals surface area contributed by atoms with Crippen molar-refractivity contribution in [3.63, 3.8) is 0 Å². The Kier molecular flexibility index (Phi) is 5.62. The van der Waals surface area contributed by atoms with Crippen LogP contribution in [0.15, 0.2) is 47.0 Å². The first-order chi connectivity index (χ1) is 12.3. The van der Waals surface area contributed by atoms with Crippen LogP contribution in [0.3, 0.4) is 0 Å². The fourth-order valence-electron chi connectivity index (χ4n) is 2.21. The van der Waals surface area contributed by atoms with Gasteiger partial charge in [-0.05, 0) is 24.6 Å². The Morgan fingerprint density at radius 3 is 2.54 bits per heavy atom. The van der Waals surface area contributed by atoms with Gasteiger partial charge < -0.3 is 4.52 Å². The predicted octanol–water partition coefficient (Wildman–Crippen LogP) is 3.97. The lowest BCUT2D eigenvalue weighted by Crippen LogP contribution is -2.25. The molecule has 3 rings (SSSR count). The molecule has 9 heteroatoms. The highest BCUT2D eigenvalue weighted by atomic mass is 35.5. The van der Waals surface area contributed by atoms with Crippen molar-refractivity contribution < 1.29 is 12.9 Å². The minimum Gasteiger partial charge on any atom is -0.338 e. The normalized spacial score (nSPS) is 11.7. The van der Waals surface area contributed by atoms with E-state index in [2.05, 4.69) is 14.9 Å². The molecule has 2 aromatic carbocycles. The second-order valence-electron chi connectivity index (χ2n) is 5.69. The van der Waals surface area contributed by atoms with E-state index >= 15 is 0 Å². The van der Waals surface area contributed by atoms with Gasteiger partial charge in [0.1, 0.15) is 0 Å². The molecule has 0 radical (unpaired) electrons. The zero-order chi connectivity index (χ0) is 18.7. The third-order valence-electron chi connectivity index (χ3n) is 3.58. The number of rotatable bonds is 6. The smallest absolute Gasteiger partial charge is 0.242 e. The molecule has 0 fully saturated rings. The quantitative estimate of drug-likeness (QED) is 0.662. The van der Waals surface area contributed by atoms with E-state index < -0.39 is 10.0 Å². The first-order valence-corrected chi connectivity index (χ1v) is 10.0. The van der Waals surface area contributed by atoms with Crippen LogP contribution in [0.4, 0.5) is 0 Å². The molecule has 0 aliphatic heterocycles. The Morgan fingerprint density at radius 1 is 1.12 bits per heavy atom. The molecule has 1 aromatic heterocycles. The number of aromatic nitrogens is 2. The van der Waals surface area contributed by atoms with E-state index in [1.807, 2.05) is 31.2 Å². The van der Waals surface area contributed by atoms with Crippen molar-refractivity contribution in [3.05, 3.63) is 69.5 Å². The molecule has 26 heavy (non-hydrogen) atoms. The van der Waals surface area contributed by atoms with Crippen LogP contribution in [0, 0.1) is 6.92 Å². The fourth-order valence-corrected chi connectivity index (χ4v) is 3.87. The maximum Gasteiger partial charge on any atom is 0.242 e. The molecule has 3 aromatic rings. The van der Waals surface area contributed by atoms with Crippen LogP contribution in [0.2, 0.25) is 10.0 Å². The average Bonchev–Trinajstić information content (AvgIpc) is 3.05. The first-order valence-electron chi connectivity index (χ1n) is 7.63. The monoisotopic (exact) mass is 411 g/mol. The molecular weight excluding hydrogens is 397 g/mol. The molecule has 0 aliphatic rings. The number of hydrogen-bond acceptors (Lipinski definition) is 5. The van der Waals surface area contributed by atoms with Crippen molar-refractivity contribution in [2.45, 2.75) is 19.2 Å². The number of nitrogens with zero attached hydrogens (tertiary/aromatic N) is 2. The van der Waals surface area contributed by atoms with Crippen molar-refractivity contribution in [2.75, 3.05) is 0 Å². The summed E-state index contributed by atoms with van der Waals surface area (Å²) in [6.45, 7) is 1.87. The van der Waals surface area contributed by atoms with E-state index in [0.717, 1.165) is 11.1 Å². The summed E-state index contributed by atoms with van der Waals surface area (Å²) >= 11 is 11.8. The third kappa shape index (κ3) is 4.82. The highest BCUT2D eigenvalue weighted by Gasteiger charge is 2.16. The summed E-state index contributed by atoms with van der Waals surface area (Å²) in [5, 5.41) is 4.60. The molecule has 136 valence electrons. The van der Waals surface area contributed by atoms with Crippen LogP contribution in [0.5, 0.6) is 0 Å². The number of nitrogens with one attached hydrogen (secondary N) is 1. The lowest BCUT2D eigenvalue weighted by molar-refractivity contribution is 0.376. The highest BCUT2D eigenvalue weighted by molar-refractivity contribution is 7.88. The van der Waals surface area contributed by atoms with Crippen LogP contribution in [0.25, 0.3) is 11.4 Å². The number of benzene rings is 2. The summed E-state index contributed by atoms with van der Waals surface area (Å²) in [6, 6.07) is 12.3. The maximum absolute atomic E-state index is 12.2. The lowest BCUT2D eigenvalue weighted by Gasteiger charge is -2.06. The molecule has 0 unspecified atom stereocenters. The van der Waals surface area contributed by atoms with Gasteiger partial charge in [0.15, 0.2) is 0 Å². The van der Waals surface area contributed by atoms with Gasteiger partial charge in [0.2, 0.25) is 21.7 Å². The zero-order valence-electron chi connectivity index (χ0n) is 13.7. The standard InChI is InChI=1S/C17H15Cl2N3O3S/c1-11-2-4-12(5-3-11)17-21-16(25-22-17)9-20-26(23,24)10-13-6-7-14(18)8-15(13)19/h2-8,20H,9-10H2,1H3. The van der Waals surface area contributed by atoms with Gasteiger partial charge in [-0.2, -0.15) is 4.98 Å². The van der Waals surface area contributed by atoms with Gasteiger partial charge in [-0.15, -0.1) is 0 Å². The molecule has 1 heterocycles. The van der Waals surface area contributed by atoms with E-state index in [-0.39, 0.29) is 18.2 Å². The number of aryl methyl sites for hydroxylation is 1. The summed E-state index contributed by atoms with van der Waals surface area (Å²) in [7, 11) is -3.63. The molecule has 0 saturated heterocycles. The fraction of sp³-hybridized carbons (Fsp3) is 0.176. The van der Waals surface area contributed by atoms with Crippen molar-refractivity contribution in [1.82, 2.24) is 14.9 Å². The summed E-state index contributed by atoms with van der Waals surface area (Å²) in [5.74, 6) is 0.299. The maximum atomic E-state index is 12.2. The molecule has 0 saturated carbocycles. The SMILES string of the molecule is Cc1ccc(-c2noc(CNS(=O)(=O)Cc3ccc(Cl)cc3Cl)n2)cc1. The van der Waals surface area contributed by atoms with Gasteiger partial charge in [0, 0.05) is 15.6 Å². The Morgan fingerprint density at radius 2 is 1.85 bits per heavy atom. The summed E-state index contributed by atoms with van der Waals surface area (Å²) < 4.78 is 32.0. The molecule has 0 amide bonds. The molecule has 6 nitrogen and oxygen atoms in total. The Hall–Kier alpha value is -1.93. The van der Waals surface area contributed by atoms with E-state index in [4.69, 9.17) is 27.7 Å². The van der Waals surface area contributed by atoms with Crippen molar-refractivity contribution in [1.29, 1.82) is 0 Å². The minimum atomic E-state index is -3.63. The van der Waals surface area contributed by atoms with E-state index in [1.54, 1.807) is 12.1 Å². The molecular formula is C17H15Cl2N3O3S. The van der Waals surface area contributed by atoms with Crippen molar-refractivity contribution >= 4 is 33.2 Å². The predicted molar refractivity (Wildman–Crippen MR) is 100 cm³/mol. The van der Waals surface area contributed by atoms with Gasteiger partial charge in [-0.1, -0.05) is 64.3 Å². The molecule has 0 atom stereocenters. The van der Waals surface area contributed by atoms with Gasteiger partial charge in [-0.25, -0.2) is 13.1 Å². The third-order valence-corrected chi connectivity index (χ3v) is 5.44. The van der Waals surface area contributed by atoms with Crippen molar-refractivity contribution in [2.24, 2.45) is 0 Å². The zero-order valence-corrected chi connectivity index (χ0v) is 16.1. The van der Waals surface area contributed by atoms with E-state index in [0.29, 0.717) is 21.4 Å². The summed E-state index contributed by atoms with van der Waals surface area (Å²) in [6.07, 6.45) is 0. The van der Waals surface area contributed by atoms with Gasteiger partial charge in [0.25, 0.3) is 0 Å². The first kappa shape index (κ1) is 18.8. The largest absolute Gasteiger partial charge is 0.338 e. The topological polar surface area (TPSA) is 85.1 Å². The number of sulfonamides is 1. The second kappa shape index (κ2) is 7.75. The Labute approximate surface area is 161 Å². The summed E-state index contributed by atoms with van der Waals surface area (Å²) in [4.78, 5) is 4.20. The van der Waals surface area contributed by atoms with E-state index in [9.17, 15) is 8.42 Å². The average molecular weight is 412 g/mol. The van der Waals surface area contributed by atoms with Gasteiger partial charge in [0.05, 0.1) is 12.3 Å². The van der Waals surface area contributed by atoms with Gasteiger partial charge >= 0.3 is 0 Å². The van der Waals surface area contributed by atoms with Crippen LogP contribution in [-0.2, 0) is 22.3 Å². The molecule has 0 bridgehead atoms.